The van der Waals surface area contributed by atoms with Gasteiger partial charge in [0.1, 0.15) is 11.6 Å². The van der Waals surface area contributed by atoms with Crippen molar-refractivity contribution in [3.63, 3.8) is 0 Å². The third-order valence-corrected chi connectivity index (χ3v) is 3.58. The molecule has 2 aromatic heterocycles. The first-order chi connectivity index (χ1) is 10.2. The van der Waals surface area contributed by atoms with Crippen LogP contribution in [0.15, 0.2) is 36.5 Å². The van der Waals surface area contributed by atoms with Crippen molar-refractivity contribution < 1.29 is 0 Å². The van der Waals surface area contributed by atoms with Crippen LogP contribution in [-0.2, 0) is 6.42 Å². The van der Waals surface area contributed by atoms with Crippen LogP contribution in [0.4, 0.5) is 5.82 Å². The molecule has 0 aliphatic rings. The minimum atomic E-state index is 0.565. The molecule has 3 rings (SSSR count). The summed E-state index contributed by atoms with van der Waals surface area (Å²) >= 11 is 0. The summed E-state index contributed by atoms with van der Waals surface area (Å²) in [6, 6.07) is 10.2. The quantitative estimate of drug-likeness (QED) is 0.796. The van der Waals surface area contributed by atoms with Crippen molar-refractivity contribution in [3.8, 4) is 11.3 Å². The maximum Gasteiger partial charge on any atom is 0.131 e. The standard InChI is InChI=1S/C17H18N4/c1-3-5-15-20-16(11(2)17(18)21-15)13-7-8-14-12(10-13)6-4-9-19-14/h4,6-10H,3,5H2,1-2H3,(H2,18,20,21). The predicted octanol–water partition coefficient (Wildman–Crippen LogP) is 3.53. The van der Waals surface area contributed by atoms with Crippen LogP contribution in [0.5, 0.6) is 0 Å². The van der Waals surface area contributed by atoms with E-state index in [0.717, 1.165) is 46.4 Å². The molecule has 2 N–H and O–H groups in total. The second-order valence-electron chi connectivity index (χ2n) is 5.16. The molecule has 0 spiro atoms. The van der Waals surface area contributed by atoms with Gasteiger partial charge in [-0.3, -0.25) is 4.98 Å². The van der Waals surface area contributed by atoms with Crippen molar-refractivity contribution in [2.24, 2.45) is 0 Å². The first-order valence-electron chi connectivity index (χ1n) is 7.17. The van der Waals surface area contributed by atoms with Gasteiger partial charge >= 0.3 is 0 Å². The van der Waals surface area contributed by atoms with Crippen molar-refractivity contribution >= 4 is 16.7 Å². The molecule has 0 fully saturated rings. The fourth-order valence-corrected chi connectivity index (χ4v) is 2.42. The molecule has 4 nitrogen and oxygen atoms in total. The Kier molecular flexibility index (Phi) is 3.52. The molecule has 2 heterocycles. The van der Waals surface area contributed by atoms with E-state index in [1.165, 1.54) is 0 Å². The first-order valence-corrected chi connectivity index (χ1v) is 7.17. The van der Waals surface area contributed by atoms with Gasteiger partial charge in [0.2, 0.25) is 0 Å². The molecule has 0 aliphatic heterocycles. The summed E-state index contributed by atoms with van der Waals surface area (Å²) in [5, 5.41) is 1.10. The van der Waals surface area contributed by atoms with E-state index >= 15 is 0 Å². The zero-order chi connectivity index (χ0) is 14.8. The molecule has 0 radical (unpaired) electrons. The summed E-state index contributed by atoms with van der Waals surface area (Å²) < 4.78 is 0. The van der Waals surface area contributed by atoms with E-state index < -0.39 is 0 Å². The summed E-state index contributed by atoms with van der Waals surface area (Å²) in [5.74, 6) is 1.37. The van der Waals surface area contributed by atoms with E-state index in [-0.39, 0.29) is 0 Å². The minimum Gasteiger partial charge on any atom is -0.383 e. The number of hydrogen-bond donors (Lipinski definition) is 1. The zero-order valence-electron chi connectivity index (χ0n) is 12.3. The highest BCUT2D eigenvalue weighted by atomic mass is 15.0. The smallest absolute Gasteiger partial charge is 0.131 e. The Morgan fingerprint density at radius 2 is 2.00 bits per heavy atom. The third kappa shape index (κ3) is 2.57. The number of fused-ring (bicyclic) bond motifs is 1. The van der Waals surface area contributed by atoms with Gasteiger partial charge in [0, 0.05) is 29.1 Å². The molecule has 0 aliphatic carbocycles. The van der Waals surface area contributed by atoms with Crippen LogP contribution in [0.2, 0.25) is 0 Å². The average Bonchev–Trinajstić information content (AvgIpc) is 2.50. The number of nitrogen functional groups attached to an aromatic ring is 1. The van der Waals surface area contributed by atoms with Crippen molar-refractivity contribution in [1.29, 1.82) is 0 Å². The topological polar surface area (TPSA) is 64.7 Å². The highest BCUT2D eigenvalue weighted by Gasteiger charge is 2.11. The molecule has 0 saturated carbocycles. The van der Waals surface area contributed by atoms with Gasteiger partial charge in [-0.25, -0.2) is 9.97 Å². The summed E-state index contributed by atoms with van der Waals surface area (Å²) in [7, 11) is 0. The van der Waals surface area contributed by atoms with Gasteiger partial charge in [-0.15, -0.1) is 0 Å². The van der Waals surface area contributed by atoms with Crippen molar-refractivity contribution in [2.45, 2.75) is 26.7 Å². The fourth-order valence-electron chi connectivity index (χ4n) is 2.42. The summed E-state index contributed by atoms with van der Waals surface area (Å²) in [6.07, 6.45) is 3.64. The maximum absolute atomic E-state index is 6.04. The molecule has 21 heavy (non-hydrogen) atoms. The molecule has 0 atom stereocenters. The normalized spacial score (nSPS) is 11.0. The average molecular weight is 278 g/mol. The Morgan fingerprint density at radius 3 is 2.81 bits per heavy atom. The fraction of sp³-hybridized carbons (Fsp3) is 0.235. The Balaban J connectivity index is 2.16. The number of rotatable bonds is 3. The molecule has 4 heteroatoms. The Morgan fingerprint density at radius 1 is 1.14 bits per heavy atom. The van der Waals surface area contributed by atoms with Gasteiger partial charge in [-0.05, 0) is 31.5 Å². The second-order valence-corrected chi connectivity index (χ2v) is 5.16. The van der Waals surface area contributed by atoms with Crippen molar-refractivity contribution in [2.75, 3.05) is 5.73 Å². The molecule has 0 saturated heterocycles. The Labute approximate surface area is 124 Å². The number of aromatic nitrogens is 3. The lowest BCUT2D eigenvalue weighted by Gasteiger charge is -2.10. The minimum absolute atomic E-state index is 0.565. The first kappa shape index (κ1) is 13.5. The van der Waals surface area contributed by atoms with Crippen molar-refractivity contribution in [1.82, 2.24) is 15.0 Å². The third-order valence-electron chi connectivity index (χ3n) is 3.58. The van der Waals surface area contributed by atoms with E-state index in [2.05, 4.69) is 34.0 Å². The van der Waals surface area contributed by atoms with Crippen LogP contribution >= 0.6 is 0 Å². The molecular weight excluding hydrogens is 260 g/mol. The predicted molar refractivity (Wildman–Crippen MR) is 85.9 cm³/mol. The van der Waals surface area contributed by atoms with Gasteiger partial charge in [-0.2, -0.15) is 0 Å². The van der Waals surface area contributed by atoms with Crippen LogP contribution < -0.4 is 5.73 Å². The summed E-state index contributed by atoms with van der Waals surface area (Å²) in [6.45, 7) is 4.08. The zero-order valence-corrected chi connectivity index (χ0v) is 12.3. The second kappa shape index (κ2) is 5.48. The van der Waals surface area contributed by atoms with Gasteiger partial charge in [0.15, 0.2) is 0 Å². The Hall–Kier alpha value is -2.49. The van der Waals surface area contributed by atoms with Crippen LogP contribution in [0, 0.1) is 6.92 Å². The van der Waals surface area contributed by atoms with E-state index in [1.807, 2.05) is 25.1 Å². The SMILES string of the molecule is CCCc1nc(N)c(C)c(-c2ccc3ncccc3c2)n1. The lowest BCUT2D eigenvalue weighted by atomic mass is 10.0. The number of aryl methyl sites for hydroxylation is 1. The van der Waals surface area contributed by atoms with Crippen molar-refractivity contribution in [3.05, 3.63) is 47.9 Å². The number of nitrogens with two attached hydrogens (primary N) is 1. The number of hydrogen-bond acceptors (Lipinski definition) is 4. The summed E-state index contributed by atoms with van der Waals surface area (Å²) in [4.78, 5) is 13.4. The van der Waals surface area contributed by atoms with Gasteiger partial charge < -0.3 is 5.73 Å². The van der Waals surface area contributed by atoms with E-state index in [4.69, 9.17) is 5.73 Å². The highest BCUT2D eigenvalue weighted by molar-refractivity contribution is 5.84. The van der Waals surface area contributed by atoms with E-state index in [0.29, 0.717) is 5.82 Å². The molecule has 106 valence electrons. The van der Waals surface area contributed by atoms with Crippen LogP contribution in [0.3, 0.4) is 0 Å². The Bertz CT molecular complexity index is 796. The number of anilines is 1. The van der Waals surface area contributed by atoms with Crippen LogP contribution in [-0.4, -0.2) is 15.0 Å². The largest absolute Gasteiger partial charge is 0.383 e. The van der Waals surface area contributed by atoms with Gasteiger partial charge in [0.25, 0.3) is 0 Å². The molecule has 0 bridgehead atoms. The maximum atomic E-state index is 6.04. The van der Waals surface area contributed by atoms with E-state index in [1.54, 1.807) is 6.20 Å². The number of pyridine rings is 1. The lowest BCUT2D eigenvalue weighted by molar-refractivity contribution is 0.836. The van der Waals surface area contributed by atoms with Gasteiger partial charge in [0.05, 0.1) is 11.2 Å². The van der Waals surface area contributed by atoms with Gasteiger partial charge in [-0.1, -0.05) is 19.1 Å². The molecule has 1 aromatic carbocycles. The van der Waals surface area contributed by atoms with Crippen LogP contribution in [0.25, 0.3) is 22.2 Å². The molecule has 3 aromatic rings. The molecular formula is C17H18N4. The number of benzene rings is 1. The monoisotopic (exact) mass is 278 g/mol. The summed E-state index contributed by atoms with van der Waals surface area (Å²) in [5.41, 5.74) is 9.92. The molecule has 0 amide bonds. The molecule has 0 unspecified atom stereocenters. The van der Waals surface area contributed by atoms with E-state index in [9.17, 15) is 0 Å². The van der Waals surface area contributed by atoms with Crippen LogP contribution in [0.1, 0.15) is 24.7 Å². The lowest BCUT2D eigenvalue weighted by Crippen LogP contribution is -2.04. The highest BCUT2D eigenvalue weighted by Crippen LogP contribution is 2.27. The number of nitrogens with zero attached hydrogens (tertiary/aromatic N) is 3.